The number of benzene rings is 1. The summed E-state index contributed by atoms with van der Waals surface area (Å²) in [6.45, 7) is 2.79. The first-order valence-corrected chi connectivity index (χ1v) is 5.76. The van der Waals surface area contributed by atoms with Gasteiger partial charge in [-0.1, -0.05) is 29.8 Å². The molecule has 88 valence electrons. The molecule has 2 aromatic rings. The van der Waals surface area contributed by atoms with E-state index in [1.807, 2.05) is 37.3 Å². The first-order valence-electron chi connectivity index (χ1n) is 5.38. The van der Waals surface area contributed by atoms with Crippen LogP contribution in [0.3, 0.4) is 0 Å². The van der Waals surface area contributed by atoms with Gasteiger partial charge in [-0.2, -0.15) is 4.98 Å². The Labute approximate surface area is 105 Å². The molecule has 2 rings (SSSR count). The van der Waals surface area contributed by atoms with Crippen LogP contribution in [-0.2, 0) is 0 Å². The smallest absolute Gasteiger partial charge is 0.230 e. The number of hydrogen-bond donors (Lipinski definition) is 2. The summed E-state index contributed by atoms with van der Waals surface area (Å²) in [4.78, 5) is 8.42. The van der Waals surface area contributed by atoms with E-state index in [-0.39, 0.29) is 0 Å². The van der Waals surface area contributed by atoms with Crippen molar-refractivity contribution in [2.24, 2.45) is 0 Å². The highest BCUT2D eigenvalue weighted by Gasteiger charge is 2.02. The molecule has 1 heterocycles. The fraction of sp³-hybridized carbons (Fsp3) is 0.167. The van der Waals surface area contributed by atoms with Crippen LogP contribution in [0.15, 0.2) is 36.4 Å². The lowest BCUT2D eigenvalue weighted by Gasteiger charge is -2.07. The summed E-state index contributed by atoms with van der Waals surface area (Å²) < 4.78 is 0. The maximum absolute atomic E-state index is 5.92. The third kappa shape index (κ3) is 3.32. The summed E-state index contributed by atoms with van der Waals surface area (Å²) in [7, 11) is 0. The van der Waals surface area contributed by atoms with E-state index in [9.17, 15) is 0 Å². The maximum Gasteiger partial charge on any atom is 0.230 e. The Bertz CT molecular complexity index is 487. The average molecular weight is 249 g/mol. The summed E-state index contributed by atoms with van der Waals surface area (Å²) in [5, 5.41) is 6.61. The molecule has 1 aromatic heterocycles. The van der Waals surface area contributed by atoms with Crippen LogP contribution in [0, 0.1) is 0 Å². The third-order valence-corrected chi connectivity index (χ3v) is 2.28. The molecule has 0 aliphatic carbocycles. The number of rotatable bonds is 4. The summed E-state index contributed by atoms with van der Waals surface area (Å²) in [6.07, 6.45) is 0. The zero-order valence-electron chi connectivity index (χ0n) is 9.44. The zero-order valence-corrected chi connectivity index (χ0v) is 10.2. The van der Waals surface area contributed by atoms with Crippen LogP contribution in [0.1, 0.15) is 6.92 Å². The Morgan fingerprint density at radius 2 is 1.94 bits per heavy atom. The molecule has 0 radical (unpaired) electrons. The van der Waals surface area contributed by atoms with Crippen LogP contribution in [0.5, 0.6) is 0 Å². The topological polar surface area (TPSA) is 49.8 Å². The number of aromatic nitrogens is 2. The molecule has 2 N–H and O–H groups in total. The lowest BCUT2D eigenvalue weighted by atomic mass is 10.3. The molecule has 0 spiro atoms. The van der Waals surface area contributed by atoms with Gasteiger partial charge < -0.3 is 10.6 Å². The minimum atomic E-state index is 0.411. The minimum Gasteiger partial charge on any atom is -0.370 e. The number of nitrogens with one attached hydrogen (secondary N) is 2. The molecule has 0 fully saturated rings. The molecule has 5 heteroatoms. The van der Waals surface area contributed by atoms with Crippen molar-refractivity contribution < 1.29 is 0 Å². The van der Waals surface area contributed by atoms with Crippen molar-refractivity contribution >= 4 is 29.1 Å². The van der Waals surface area contributed by atoms with Crippen molar-refractivity contribution in [3.63, 3.8) is 0 Å². The molecule has 0 aliphatic rings. The minimum absolute atomic E-state index is 0.411. The van der Waals surface area contributed by atoms with Gasteiger partial charge in [0.15, 0.2) is 0 Å². The van der Waals surface area contributed by atoms with Crippen LogP contribution in [0.25, 0.3) is 0 Å². The first kappa shape index (κ1) is 11.7. The lowest BCUT2D eigenvalue weighted by molar-refractivity contribution is 1.11. The number of anilines is 3. The second-order valence-electron chi connectivity index (χ2n) is 3.42. The van der Waals surface area contributed by atoms with Crippen molar-refractivity contribution in [1.82, 2.24) is 9.97 Å². The van der Waals surface area contributed by atoms with Crippen LogP contribution in [0.2, 0.25) is 5.15 Å². The fourth-order valence-corrected chi connectivity index (χ4v) is 1.58. The normalized spacial score (nSPS) is 10.0. The monoisotopic (exact) mass is 248 g/mol. The second kappa shape index (κ2) is 5.50. The Kier molecular flexibility index (Phi) is 3.77. The summed E-state index contributed by atoms with van der Waals surface area (Å²) >= 11 is 5.92. The highest BCUT2D eigenvalue weighted by atomic mass is 35.5. The largest absolute Gasteiger partial charge is 0.370 e. The molecule has 0 atom stereocenters. The van der Waals surface area contributed by atoms with E-state index in [0.29, 0.717) is 16.9 Å². The molecule has 1 aromatic carbocycles. The molecule has 0 amide bonds. The van der Waals surface area contributed by atoms with Gasteiger partial charge in [-0.15, -0.1) is 0 Å². The maximum atomic E-state index is 5.92. The molecule has 17 heavy (non-hydrogen) atoms. The highest BCUT2D eigenvalue weighted by Crippen LogP contribution is 2.17. The quantitative estimate of drug-likeness (QED) is 0.815. The third-order valence-electron chi connectivity index (χ3n) is 2.08. The standard InChI is InChI=1S/C12H13ClN4/c1-2-14-11-8-10(13)16-12(17-11)15-9-6-4-3-5-7-9/h3-8H,2H2,1H3,(H2,14,15,16,17). The fourth-order valence-electron chi connectivity index (χ4n) is 1.40. The van der Waals surface area contributed by atoms with E-state index in [2.05, 4.69) is 20.6 Å². The predicted molar refractivity (Wildman–Crippen MR) is 70.9 cm³/mol. The van der Waals surface area contributed by atoms with Gasteiger partial charge in [-0.25, -0.2) is 4.98 Å². The Morgan fingerprint density at radius 3 is 2.65 bits per heavy atom. The molecule has 0 saturated heterocycles. The van der Waals surface area contributed by atoms with E-state index in [1.54, 1.807) is 6.07 Å². The van der Waals surface area contributed by atoms with Gasteiger partial charge >= 0.3 is 0 Å². The number of hydrogen-bond acceptors (Lipinski definition) is 4. The number of para-hydroxylation sites is 1. The lowest BCUT2D eigenvalue weighted by Crippen LogP contribution is -2.03. The summed E-state index contributed by atoms with van der Waals surface area (Å²) in [5.41, 5.74) is 0.928. The number of halogens is 1. The van der Waals surface area contributed by atoms with Gasteiger partial charge in [0, 0.05) is 18.3 Å². The molecular weight excluding hydrogens is 236 g/mol. The molecule has 0 aliphatic heterocycles. The van der Waals surface area contributed by atoms with Gasteiger partial charge in [0.05, 0.1) is 0 Å². The van der Waals surface area contributed by atoms with E-state index >= 15 is 0 Å². The van der Waals surface area contributed by atoms with E-state index in [4.69, 9.17) is 11.6 Å². The van der Waals surface area contributed by atoms with E-state index in [0.717, 1.165) is 12.2 Å². The van der Waals surface area contributed by atoms with Gasteiger partial charge in [-0.05, 0) is 19.1 Å². The van der Waals surface area contributed by atoms with Gasteiger partial charge in [0.25, 0.3) is 0 Å². The predicted octanol–water partition coefficient (Wildman–Crippen LogP) is 3.31. The average Bonchev–Trinajstić information content (AvgIpc) is 2.30. The zero-order chi connectivity index (χ0) is 12.1. The van der Waals surface area contributed by atoms with Crippen LogP contribution in [0.4, 0.5) is 17.5 Å². The van der Waals surface area contributed by atoms with Crippen molar-refractivity contribution in [3.8, 4) is 0 Å². The van der Waals surface area contributed by atoms with Crippen LogP contribution >= 0.6 is 11.6 Å². The Morgan fingerprint density at radius 1 is 1.18 bits per heavy atom. The van der Waals surface area contributed by atoms with Crippen molar-refractivity contribution in [1.29, 1.82) is 0 Å². The second-order valence-corrected chi connectivity index (χ2v) is 3.81. The number of nitrogens with zero attached hydrogens (tertiary/aromatic N) is 2. The molecular formula is C12H13ClN4. The van der Waals surface area contributed by atoms with E-state index < -0.39 is 0 Å². The molecule has 4 nitrogen and oxygen atoms in total. The van der Waals surface area contributed by atoms with Gasteiger partial charge in [0.2, 0.25) is 5.95 Å². The van der Waals surface area contributed by atoms with Crippen molar-refractivity contribution in [2.75, 3.05) is 17.2 Å². The van der Waals surface area contributed by atoms with Crippen molar-refractivity contribution in [2.45, 2.75) is 6.92 Å². The highest BCUT2D eigenvalue weighted by molar-refractivity contribution is 6.29. The van der Waals surface area contributed by atoms with Gasteiger partial charge in [0.1, 0.15) is 11.0 Å². The van der Waals surface area contributed by atoms with E-state index in [1.165, 1.54) is 0 Å². The van der Waals surface area contributed by atoms with Crippen LogP contribution < -0.4 is 10.6 Å². The Hall–Kier alpha value is -1.81. The molecule has 0 bridgehead atoms. The van der Waals surface area contributed by atoms with Gasteiger partial charge in [-0.3, -0.25) is 0 Å². The summed E-state index contributed by atoms with van der Waals surface area (Å²) in [5.74, 6) is 1.20. The molecule has 0 saturated carbocycles. The van der Waals surface area contributed by atoms with Crippen molar-refractivity contribution in [3.05, 3.63) is 41.6 Å². The Balaban J connectivity index is 2.21. The summed E-state index contributed by atoms with van der Waals surface area (Å²) in [6, 6.07) is 11.4. The van der Waals surface area contributed by atoms with Crippen LogP contribution in [-0.4, -0.2) is 16.5 Å². The first-order chi connectivity index (χ1) is 8.28. The molecule has 0 unspecified atom stereocenters. The SMILES string of the molecule is CCNc1cc(Cl)nc(Nc2ccccc2)n1.